The van der Waals surface area contributed by atoms with E-state index in [9.17, 15) is 14.7 Å². The van der Waals surface area contributed by atoms with Crippen molar-refractivity contribution in [2.75, 3.05) is 0 Å². The van der Waals surface area contributed by atoms with Crippen molar-refractivity contribution < 1.29 is 9.90 Å². The van der Waals surface area contributed by atoms with E-state index in [4.69, 9.17) is 11.6 Å². The van der Waals surface area contributed by atoms with E-state index in [1.807, 2.05) is 32.0 Å². The fourth-order valence-corrected chi connectivity index (χ4v) is 4.01. The van der Waals surface area contributed by atoms with Crippen LogP contribution in [0.1, 0.15) is 30.3 Å². The third-order valence-corrected chi connectivity index (χ3v) is 5.92. The molecule has 2 aromatic heterocycles. The second-order valence-corrected chi connectivity index (χ2v) is 7.36. The molecule has 1 N–H and O–H groups in total. The van der Waals surface area contributed by atoms with E-state index in [0.717, 1.165) is 28.0 Å². The van der Waals surface area contributed by atoms with Crippen LogP contribution in [-0.2, 0) is 11.2 Å². The van der Waals surface area contributed by atoms with Crippen molar-refractivity contribution >= 4 is 39.1 Å². The summed E-state index contributed by atoms with van der Waals surface area (Å²) in [5.41, 5.74) is 2.30. The largest absolute Gasteiger partial charge is 0.480 e. The molecule has 5 nitrogen and oxygen atoms in total. The first-order chi connectivity index (χ1) is 11.8. The van der Waals surface area contributed by atoms with Gasteiger partial charge in [-0.3, -0.25) is 9.36 Å². The fourth-order valence-electron chi connectivity index (χ4n) is 2.80. The van der Waals surface area contributed by atoms with Gasteiger partial charge in [-0.15, -0.1) is 11.3 Å². The quantitative estimate of drug-likeness (QED) is 0.737. The van der Waals surface area contributed by atoms with E-state index in [1.54, 1.807) is 0 Å². The summed E-state index contributed by atoms with van der Waals surface area (Å²) in [5, 5.41) is 10.4. The molecular formula is C18H17ClN2O3S. The predicted molar refractivity (Wildman–Crippen MR) is 101 cm³/mol. The Labute approximate surface area is 153 Å². The summed E-state index contributed by atoms with van der Waals surface area (Å²) < 4.78 is 1.17. The zero-order valence-electron chi connectivity index (χ0n) is 14.0. The van der Waals surface area contributed by atoms with Crippen molar-refractivity contribution in [3.05, 3.63) is 50.3 Å². The lowest BCUT2D eigenvalue weighted by atomic mass is 10.0. The van der Waals surface area contributed by atoms with Crippen molar-refractivity contribution in [3.63, 3.8) is 0 Å². The van der Waals surface area contributed by atoms with Gasteiger partial charge in [0, 0.05) is 15.5 Å². The van der Waals surface area contributed by atoms with Crippen LogP contribution < -0.4 is 5.56 Å². The van der Waals surface area contributed by atoms with Crippen LogP contribution in [0.4, 0.5) is 0 Å². The number of aryl methyl sites for hydroxylation is 2. The van der Waals surface area contributed by atoms with E-state index >= 15 is 0 Å². The van der Waals surface area contributed by atoms with E-state index in [-0.39, 0.29) is 5.56 Å². The average Bonchev–Trinajstić information content (AvgIpc) is 2.96. The van der Waals surface area contributed by atoms with Gasteiger partial charge in [-0.1, -0.05) is 24.6 Å². The number of hydrogen-bond donors (Lipinski definition) is 1. The van der Waals surface area contributed by atoms with Crippen molar-refractivity contribution in [2.24, 2.45) is 0 Å². The highest BCUT2D eigenvalue weighted by molar-refractivity contribution is 7.19. The number of nitrogens with zero attached hydrogens (tertiary/aromatic N) is 2. The van der Waals surface area contributed by atoms with Gasteiger partial charge in [-0.05, 0) is 43.5 Å². The summed E-state index contributed by atoms with van der Waals surface area (Å²) in [6, 6.07) is 4.66. The van der Waals surface area contributed by atoms with E-state index in [0.29, 0.717) is 15.2 Å². The SMILES string of the molecule is CCc1sc2ncn(C(C)C(=O)O)c(=O)c2c1-c1ccc(Cl)c(C)c1. The summed E-state index contributed by atoms with van der Waals surface area (Å²) in [7, 11) is 0. The molecule has 0 spiro atoms. The Balaban J connectivity index is 2.36. The Morgan fingerprint density at radius 2 is 2.16 bits per heavy atom. The number of aromatic nitrogens is 2. The summed E-state index contributed by atoms with van der Waals surface area (Å²) in [6.45, 7) is 5.40. The highest BCUT2D eigenvalue weighted by Gasteiger charge is 2.22. The molecule has 0 amide bonds. The Morgan fingerprint density at radius 1 is 1.44 bits per heavy atom. The lowest BCUT2D eigenvalue weighted by Gasteiger charge is -2.11. The van der Waals surface area contributed by atoms with Gasteiger partial charge < -0.3 is 5.11 Å². The molecule has 3 aromatic rings. The molecule has 130 valence electrons. The molecule has 0 saturated carbocycles. The predicted octanol–water partition coefficient (Wildman–Crippen LogP) is 4.29. The van der Waals surface area contributed by atoms with Crippen LogP contribution in [0.5, 0.6) is 0 Å². The summed E-state index contributed by atoms with van der Waals surface area (Å²) in [5.74, 6) is -1.07. The highest BCUT2D eigenvalue weighted by Crippen LogP contribution is 2.37. The van der Waals surface area contributed by atoms with Gasteiger partial charge in [0.2, 0.25) is 0 Å². The summed E-state index contributed by atoms with van der Waals surface area (Å²) in [4.78, 5) is 30.3. The van der Waals surface area contributed by atoms with Crippen LogP contribution in [0.3, 0.4) is 0 Å². The molecule has 0 fully saturated rings. The van der Waals surface area contributed by atoms with Crippen LogP contribution in [-0.4, -0.2) is 20.6 Å². The third-order valence-electron chi connectivity index (χ3n) is 4.25. The first-order valence-corrected chi connectivity index (χ1v) is 9.06. The van der Waals surface area contributed by atoms with E-state index in [1.165, 1.54) is 29.2 Å². The van der Waals surface area contributed by atoms with Gasteiger partial charge in [0.1, 0.15) is 10.9 Å². The molecule has 0 bridgehead atoms. The molecular weight excluding hydrogens is 360 g/mol. The Hall–Kier alpha value is -2.18. The molecule has 3 rings (SSSR count). The number of thiophene rings is 1. The monoisotopic (exact) mass is 376 g/mol. The van der Waals surface area contributed by atoms with Crippen LogP contribution >= 0.6 is 22.9 Å². The fraction of sp³-hybridized carbons (Fsp3) is 0.278. The number of carbonyl (C=O) groups is 1. The molecule has 1 atom stereocenters. The molecule has 25 heavy (non-hydrogen) atoms. The topological polar surface area (TPSA) is 72.2 Å². The van der Waals surface area contributed by atoms with Crippen LogP contribution in [0.2, 0.25) is 5.02 Å². The number of carboxylic acid groups (broad SMARTS) is 1. The van der Waals surface area contributed by atoms with Crippen molar-refractivity contribution in [1.29, 1.82) is 0 Å². The number of benzene rings is 1. The molecule has 7 heteroatoms. The van der Waals surface area contributed by atoms with Gasteiger partial charge in [0.05, 0.1) is 11.7 Å². The number of aliphatic carboxylic acids is 1. The molecule has 2 heterocycles. The normalized spacial score (nSPS) is 12.5. The first kappa shape index (κ1) is 17.6. The van der Waals surface area contributed by atoms with E-state index < -0.39 is 12.0 Å². The number of hydrogen-bond acceptors (Lipinski definition) is 4. The standard InChI is InChI=1S/C18H17ClN2O3S/c1-4-13-14(11-5-6-12(19)9(2)7-11)15-16(25-13)20-8-21(17(15)22)10(3)18(23)24/h5-8,10H,4H2,1-3H3,(H,23,24). The molecule has 1 unspecified atom stereocenters. The Morgan fingerprint density at radius 3 is 2.76 bits per heavy atom. The minimum absolute atomic E-state index is 0.335. The van der Waals surface area contributed by atoms with Crippen LogP contribution in [0.15, 0.2) is 29.3 Å². The van der Waals surface area contributed by atoms with E-state index in [2.05, 4.69) is 4.98 Å². The highest BCUT2D eigenvalue weighted by atomic mass is 35.5. The molecule has 0 aliphatic heterocycles. The molecule has 0 aliphatic carbocycles. The minimum atomic E-state index is -1.07. The summed E-state index contributed by atoms with van der Waals surface area (Å²) in [6.07, 6.45) is 2.07. The second-order valence-electron chi connectivity index (χ2n) is 5.87. The van der Waals surface area contributed by atoms with Gasteiger partial charge in [0.25, 0.3) is 5.56 Å². The smallest absolute Gasteiger partial charge is 0.326 e. The van der Waals surface area contributed by atoms with Crippen molar-refractivity contribution in [2.45, 2.75) is 33.2 Å². The van der Waals surface area contributed by atoms with Crippen LogP contribution in [0.25, 0.3) is 21.3 Å². The first-order valence-electron chi connectivity index (χ1n) is 7.87. The Bertz CT molecular complexity index is 1040. The third kappa shape index (κ3) is 2.96. The lowest BCUT2D eigenvalue weighted by molar-refractivity contribution is -0.140. The van der Waals surface area contributed by atoms with Gasteiger partial charge in [-0.2, -0.15) is 0 Å². The zero-order chi connectivity index (χ0) is 18.3. The molecule has 0 aliphatic rings. The van der Waals surface area contributed by atoms with Gasteiger partial charge in [-0.25, -0.2) is 9.78 Å². The van der Waals surface area contributed by atoms with Crippen molar-refractivity contribution in [3.8, 4) is 11.1 Å². The van der Waals surface area contributed by atoms with Gasteiger partial charge >= 0.3 is 5.97 Å². The van der Waals surface area contributed by atoms with Crippen molar-refractivity contribution in [1.82, 2.24) is 9.55 Å². The van der Waals surface area contributed by atoms with Crippen LogP contribution in [0, 0.1) is 6.92 Å². The zero-order valence-corrected chi connectivity index (χ0v) is 15.6. The minimum Gasteiger partial charge on any atom is -0.480 e. The maximum Gasteiger partial charge on any atom is 0.326 e. The maximum atomic E-state index is 13.0. The summed E-state index contributed by atoms with van der Waals surface area (Å²) >= 11 is 7.59. The van der Waals surface area contributed by atoms with Gasteiger partial charge in [0.15, 0.2) is 0 Å². The second kappa shape index (κ2) is 6.61. The Kier molecular flexibility index (Phi) is 4.67. The number of fused-ring (bicyclic) bond motifs is 1. The number of rotatable bonds is 4. The molecule has 0 radical (unpaired) electrons. The number of carboxylic acids is 1. The maximum absolute atomic E-state index is 13.0. The lowest BCUT2D eigenvalue weighted by Crippen LogP contribution is -2.28. The molecule has 0 saturated heterocycles. The molecule has 1 aromatic carbocycles. The average molecular weight is 377 g/mol. The number of halogens is 1.